The predicted octanol–water partition coefficient (Wildman–Crippen LogP) is 14.7. The molecule has 0 saturated carbocycles. The summed E-state index contributed by atoms with van der Waals surface area (Å²) >= 11 is 0. The van der Waals surface area contributed by atoms with Gasteiger partial charge in [0.1, 0.15) is 0 Å². The summed E-state index contributed by atoms with van der Waals surface area (Å²) in [5.41, 5.74) is 5.39. The molecule has 4 atom stereocenters. The van der Waals surface area contributed by atoms with Gasteiger partial charge in [-0.3, -0.25) is 13.8 Å². The van der Waals surface area contributed by atoms with Crippen LogP contribution in [0.1, 0.15) is 264 Å². The van der Waals surface area contributed by atoms with Crippen LogP contribution in [0.5, 0.6) is 0 Å². The number of allylic oxidation sites excluding steroid dienone is 4. The van der Waals surface area contributed by atoms with E-state index in [-0.39, 0.29) is 26.2 Å². The van der Waals surface area contributed by atoms with Crippen LogP contribution in [0.4, 0.5) is 0 Å². The highest BCUT2D eigenvalue weighted by Crippen LogP contribution is 2.43. The number of nitrogens with one attached hydrogen (secondary N) is 1. The van der Waals surface area contributed by atoms with Crippen molar-refractivity contribution >= 4 is 13.7 Å². The summed E-state index contributed by atoms with van der Waals surface area (Å²) in [5.74, 6) is -0.418. The zero-order valence-corrected chi connectivity index (χ0v) is 41.6. The van der Waals surface area contributed by atoms with Gasteiger partial charge in [0.25, 0.3) is 0 Å². The van der Waals surface area contributed by atoms with E-state index in [0.717, 1.165) is 64.2 Å². The molecule has 0 saturated heterocycles. The minimum absolute atomic E-state index is 0.0584. The Kier molecular flexibility index (Phi) is 47.1. The molecular weight excluding hydrogens is 796 g/mol. The first-order chi connectivity index (χ1) is 30.3. The van der Waals surface area contributed by atoms with Gasteiger partial charge in [-0.1, -0.05) is 237 Å². The normalized spacial score (nSPS) is 14.5. The summed E-state index contributed by atoms with van der Waals surface area (Å²) in [4.78, 5) is 22.9. The third kappa shape index (κ3) is 45.5. The minimum atomic E-state index is -4.38. The number of amides is 1. The van der Waals surface area contributed by atoms with E-state index in [1.165, 1.54) is 167 Å². The Morgan fingerprint density at radius 2 is 0.919 bits per heavy atom. The van der Waals surface area contributed by atoms with E-state index in [4.69, 9.17) is 14.8 Å². The maximum Gasteiger partial charge on any atom is 0.472 e. The fourth-order valence-electron chi connectivity index (χ4n) is 8.10. The lowest BCUT2D eigenvalue weighted by Gasteiger charge is -2.25. The van der Waals surface area contributed by atoms with E-state index in [1.54, 1.807) is 0 Å². The third-order valence-corrected chi connectivity index (χ3v) is 13.1. The van der Waals surface area contributed by atoms with Crippen LogP contribution in [0, 0.1) is 0 Å². The molecule has 368 valence electrons. The van der Waals surface area contributed by atoms with Crippen molar-refractivity contribution in [1.29, 1.82) is 0 Å². The van der Waals surface area contributed by atoms with Crippen molar-refractivity contribution in [2.75, 3.05) is 19.8 Å². The predicted molar refractivity (Wildman–Crippen MR) is 264 cm³/mol. The monoisotopic (exact) mass is 899 g/mol. The smallest absolute Gasteiger partial charge is 0.393 e. The Bertz CT molecular complexity index is 1040. The van der Waals surface area contributed by atoms with Crippen LogP contribution in [0.3, 0.4) is 0 Å². The molecular formula is C52H103N2O7P. The van der Waals surface area contributed by atoms with Gasteiger partial charge in [0.05, 0.1) is 37.9 Å². The van der Waals surface area contributed by atoms with Gasteiger partial charge in [0, 0.05) is 6.54 Å². The highest BCUT2D eigenvalue weighted by Gasteiger charge is 2.28. The molecule has 62 heavy (non-hydrogen) atoms. The molecule has 0 aliphatic heterocycles. The number of unbranched alkanes of at least 4 members (excludes halogenated alkanes) is 32. The second-order valence-corrected chi connectivity index (χ2v) is 19.7. The Morgan fingerprint density at radius 1 is 0.548 bits per heavy atom. The molecule has 0 aromatic rings. The van der Waals surface area contributed by atoms with E-state index in [1.807, 2.05) is 0 Å². The van der Waals surface area contributed by atoms with Crippen LogP contribution in [-0.4, -0.2) is 59.0 Å². The quantitative estimate of drug-likeness (QED) is 0.0230. The number of aliphatic hydroxyl groups is 2. The molecule has 4 unspecified atom stereocenters. The highest BCUT2D eigenvalue weighted by atomic mass is 31.2. The molecule has 6 N–H and O–H groups in total. The largest absolute Gasteiger partial charge is 0.472 e. The first kappa shape index (κ1) is 60.9. The van der Waals surface area contributed by atoms with Crippen LogP contribution in [-0.2, 0) is 18.4 Å². The number of phosphoric acid groups is 1. The topological polar surface area (TPSA) is 151 Å². The number of aliphatic hydroxyl groups excluding tert-OH is 2. The van der Waals surface area contributed by atoms with E-state index in [9.17, 15) is 24.5 Å². The van der Waals surface area contributed by atoms with Crippen LogP contribution >= 0.6 is 7.82 Å². The van der Waals surface area contributed by atoms with E-state index in [2.05, 4.69) is 43.5 Å². The molecule has 0 spiro atoms. The van der Waals surface area contributed by atoms with Gasteiger partial charge in [-0.05, 0) is 44.9 Å². The average molecular weight is 899 g/mol. The van der Waals surface area contributed by atoms with Crippen molar-refractivity contribution in [3.63, 3.8) is 0 Å². The van der Waals surface area contributed by atoms with Crippen LogP contribution in [0.15, 0.2) is 24.3 Å². The Morgan fingerprint density at radius 3 is 1.32 bits per heavy atom. The van der Waals surface area contributed by atoms with Crippen molar-refractivity contribution in [1.82, 2.24) is 5.32 Å². The molecule has 0 aliphatic rings. The van der Waals surface area contributed by atoms with Crippen LogP contribution in [0.25, 0.3) is 0 Å². The summed E-state index contributed by atoms with van der Waals surface area (Å²) in [6.45, 7) is 4.08. The minimum Gasteiger partial charge on any atom is -0.393 e. The van der Waals surface area contributed by atoms with E-state index >= 15 is 0 Å². The van der Waals surface area contributed by atoms with Crippen LogP contribution < -0.4 is 11.1 Å². The molecule has 0 aromatic carbocycles. The van der Waals surface area contributed by atoms with Gasteiger partial charge in [0.15, 0.2) is 0 Å². The van der Waals surface area contributed by atoms with Gasteiger partial charge in [-0.25, -0.2) is 4.57 Å². The summed E-state index contributed by atoms with van der Waals surface area (Å²) in [6, 6.07) is -0.901. The van der Waals surface area contributed by atoms with Crippen molar-refractivity contribution in [3.8, 4) is 0 Å². The first-order valence-corrected chi connectivity index (χ1v) is 28.0. The summed E-state index contributed by atoms with van der Waals surface area (Å²) < 4.78 is 22.2. The van der Waals surface area contributed by atoms with Crippen molar-refractivity contribution in [2.24, 2.45) is 5.73 Å². The zero-order valence-electron chi connectivity index (χ0n) is 40.7. The Labute approximate surface area is 383 Å². The number of nitrogens with two attached hydrogens (primary N) is 1. The Hall–Kier alpha value is -1.06. The molecule has 0 aromatic heterocycles. The lowest BCUT2D eigenvalue weighted by Crippen LogP contribution is -2.47. The average Bonchev–Trinajstić information content (AvgIpc) is 3.25. The van der Waals surface area contributed by atoms with E-state index < -0.39 is 32.0 Å². The summed E-state index contributed by atoms with van der Waals surface area (Å²) in [7, 11) is -4.38. The maximum atomic E-state index is 12.9. The number of carbonyl (C=O) groups is 1. The lowest BCUT2D eigenvalue weighted by atomic mass is 10.0. The molecule has 0 bridgehead atoms. The maximum absolute atomic E-state index is 12.9. The fourth-order valence-corrected chi connectivity index (χ4v) is 8.86. The molecule has 0 aliphatic carbocycles. The van der Waals surface area contributed by atoms with Gasteiger partial charge in [-0.2, -0.15) is 0 Å². The summed E-state index contributed by atoms with van der Waals surface area (Å²) in [6.07, 6.45) is 53.7. The standard InChI is InChI=1S/C52H103N2O7P/c1-3-5-7-9-11-13-15-17-19-21-23-24-26-27-29-31-33-35-37-39-41-43-49(55)47-52(57)54-50(48-61-62(58,59)60-46-45-53)51(56)44-42-40-38-36-34-32-30-28-25-22-20-18-16-14-12-10-8-6-4-2/h23-24,27,29,49-51,55-56H,3-22,25-26,28,30-48,53H2,1-2H3,(H,54,57)(H,58,59)/b24-23-,29-27-. The molecule has 10 heteroatoms. The number of phosphoric ester groups is 1. The molecule has 0 radical (unpaired) electrons. The zero-order chi connectivity index (χ0) is 45.5. The SMILES string of the molecule is CCCCCCCCCCC/C=C\C/C=C\CCCCCCCC(O)CC(=O)NC(COP(=O)(O)OCCN)C(O)CCCCCCCCCCCCCCCCCCCCC. The van der Waals surface area contributed by atoms with Gasteiger partial charge >= 0.3 is 7.82 Å². The lowest BCUT2D eigenvalue weighted by molar-refractivity contribution is -0.125. The second kappa shape index (κ2) is 47.9. The second-order valence-electron chi connectivity index (χ2n) is 18.3. The number of hydrogen-bond acceptors (Lipinski definition) is 7. The number of carbonyl (C=O) groups excluding carboxylic acids is 1. The number of hydrogen-bond donors (Lipinski definition) is 5. The summed E-state index contributed by atoms with van der Waals surface area (Å²) in [5, 5.41) is 24.3. The van der Waals surface area contributed by atoms with Gasteiger partial charge in [-0.15, -0.1) is 0 Å². The molecule has 1 amide bonds. The highest BCUT2D eigenvalue weighted by molar-refractivity contribution is 7.47. The van der Waals surface area contributed by atoms with E-state index in [0.29, 0.717) is 12.8 Å². The molecule has 9 nitrogen and oxygen atoms in total. The fraction of sp³-hybridized carbons (Fsp3) is 0.904. The number of rotatable bonds is 50. The van der Waals surface area contributed by atoms with Gasteiger partial charge in [0.2, 0.25) is 5.91 Å². The van der Waals surface area contributed by atoms with Crippen LogP contribution in [0.2, 0.25) is 0 Å². The molecule has 0 heterocycles. The third-order valence-electron chi connectivity index (χ3n) is 12.1. The Balaban J connectivity index is 4.15. The molecule has 0 rings (SSSR count). The first-order valence-electron chi connectivity index (χ1n) is 26.5. The van der Waals surface area contributed by atoms with Crippen molar-refractivity contribution < 1.29 is 33.5 Å². The van der Waals surface area contributed by atoms with Gasteiger partial charge < -0.3 is 26.2 Å². The van der Waals surface area contributed by atoms with Crippen molar-refractivity contribution in [3.05, 3.63) is 24.3 Å². The van der Waals surface area contributed by atoms with Crippen molar-refractivity contribution in [2.45, 2.75) is 283 Å². The molecule has 0 fully saturated rings.